The molecule has 0 bridgehead atoms. The van der Waals surface area contributed by atoms with Gasteiger partial charge in [0.2, 0.25) is 5.91 Å². The molecule has 2 N–H and O–H groups in total. The third-order valence-electron chi connectivity index (χ3n) is 4.87. The Morgan fingerprint density at radius 3 is 2.59 bits per heavy atom. The van der Waals surface area contributed by atoms with Crippen molar-refractivity contribution in [3.8, 4) is 0 Å². The molecule has 0 aromatic heterocycles. The number of fused-ring (bicyclic) bond motifs is 1. The van der Waals surface area contributed by atoms with Crippen molar-refractivity contribution in [2.45, 2.75) is 32.8 Å². The summed E-state index contributed by atoms with van der Waals surface area (Å²) in [5, 5.41) is 25.0. The van der Waals surface area contributed by atoms with E-state index in [0.717, 1.165) is 16.7 Å². The summed E-state index contributed by atoms with van der Waals surface area (Å²) in [6.07, 6.45) is 0.0313. The molecule has 0 saturated heterocycles. The highest BCUT2D eigenvalue weighted by Crippen LogP contribution is 2.37. The maximum atomic E-state index is 11.7. The zero-order valence-corrected chi connectivity index (χ0v) is 15.4. The van der Waals surface area contributed by atoms with E-state index in [0.29, 0.717) is 30.8 Å². The van der Waals surface area contributed by atoms with Crippen molar-refractivity contribution in [2.75, 3.05) is 23.3 Å². The zero-order valence-electron chi connectivity index (χ0n) is 15.4. The average Bonchev–Trinajstić information content (AvgIpc) is 2.65. The van der Waals surface area contributed by atoms with Crippen molar-refractivity contribution in [1.82, 2.24) is 0 Å². The minimum Gasteiger partial charge on any atom is -0.387 e. The van der Waals surface area contributed by atoms with Gasteiger partial charge in [0, 0.05) is 31.3 Å². The summed E-state index contributed by atoms with van der Waals surface area (Å²) in [4.78, 5) is 24.7. The van der Waals surface area contributed by atoms with Crippen LogP contribution in [0.5, 0.6) is 0 Å². The number of benzene rings is 2. The smallest absolute Gasteiger partial charge is 0.292 e. The monoisotopic (exact) mass is 369 g/mol. The van der Waals surface area contributed by atoms with E-state index in [9.17, 15) is 20.0 Å². The standard InChI is InChI=1S/C20H23N3O4/c1-3-22(12-19(24)14-6-4-13(2)5-7-14)17-11-16-15(8-9-20(25)21-16)10-18(17)23(26)27/h4-7,10-11,19,24H,3,8-9,12H2,1-2H3,(H,21,25). The maximum absolute atomic E-state index is 11.7. The summed E-state index contributed by atoms with van der Waals surface area (Å²) >= 11 is 0. The largest absolute Gasteiger partial charge is 0.387 e. The number of aliphatic hydroxyl groups is 1. The predicted octanol–water partition coefficient (Wildman–Crippen LogP) is 3.35. The molecule has 2 aromatic carbocycles. The van der Waals surface area contributed by atoms with E-state index in [-0.39, 0.29) is 18.1 Å². The molecule has 0 fully saturated rings. The average molecular weight is 369 g/mol. The SMILES string of the molecule is CCN(CC(O)c1ccc(C)cc1)c1cc2c(cc1[N+](=O)[O-])CCC(=O)N2. The number of nitrogens with zero attached hydrogens (tertiary/aromatic N) is 2. The molecule has 1 aliphatic heterocycles. The van der Waals surface area contributed by atoms with E-state index in [1.54, 1.807) is 11.0 Å². The molecule has 1 heterocycles. The van der Waals surface area contributed by atoms with Crippen LogP contribution in [0.2, 0.25) is 0 Å². The lowest BCUT2D eigenvalue weighted by Crippen LogP contribution is -2.29. The first kappa shape index (κ1) is 18.8. The lowest BCUT2D eigenvalue weighted by Gasteiger charge is -2.27. The second-order valence-electron chi connectivity index (χ2n) is 6.77. The van der Waals surface area contributed by atoms with Crippen LogP contribution in [-0.4, -0.2) is 29.0 Å². The van der Waals surface area contributed by atoms with E-state index in [1.807, 2.05) is 38.1 Å². The van der Waals surface area contributed by atoms with Gasteiger partial charge in [0.05, 0.1) is 11.0 Å². The van der Waals surface area contributed by atoms with Gasteiger partial charge in [0.1, 0.15) is 5.69 Å². The number of likely N-dealkylation sites (N-methyl/N-ethyl adjacent to an activating group) is 1. The number of anilines is 2. The number of aliphatic hydroxyl groups excluding tert-OH is 1. The highest BCUT2D eigenvalue weighted by molar-refractivity contribution is 5.95. The van der Waals surface area contributed by atoms with Crippen molar-refractivity contribution in [3.05, 3.63) is 63.2 Å². The van der Waals surface area contributed by atoms with Crippen molar-refractivity contribution >= 4 is 23.0 Å². The molecule has 1 aliphatic rings. The fraction of sp³-hybridized carbons (Fsp3) is 0.350. The number of carbonyl (C=O) groups excluding carboxylic acids is 1. The first-order chi connectivity index (χ1) is 12.9. The van der Waals surface area contributed by atoms with Gasteiger partial charge in [0.25, 0.3) is 5.69 Å². The van der Waals surface area contributed by atoms with Gasteiger partial charge in [-0.2, -0.15) is 0 Å². The first-order valence-electron chi connectivity index (χ1n) is 8.99. The second kappa shape index (κ2) is 7.75. The summed E-state index contributed by atoms with van der Waals surface area (Å²) in [6, 6.07) is 10.7. The number of nitrogens with one attached hydrogen (secondary N) is 1. The maximum Gasteiger partial charge on any atom is 0.292 e. The van der Waals surface area contributed by atoms with Gasteiger partial charge in [-0.3, -0.25) is 14.9 Å². The number of nitro benzene ring substituents is 1. The minimum absolute atomic E-state index is 0.0112. The summed E-state index contributed by atoms with van der Waals surface area (Å²) in [7, 11) is 0. The molecule has 27 heavy (non-hydrogen) atoms. The van der Waals surface area contributed by atoms with Crippen molar-refractivity contribution < 1.29 is 14.8 Å². The molecule has 7 heteroatoms. The fourth-order valence-electron chi connectivity index (χ4n) is 3.30. The van der Waals surface area contributed by atoms with Gasteiger partial charge in [-0.25, -0.2) is 0 Å². The Morgan fingerprint density at radius 2 is 1.96 bits per heavy atom. The van der Waals surface area contributed by atoms with Crippen LogP contribution in [0.15, 0.2) is 36.4 Å². The molecule has 0 spiro atoms. The van der Waals surface area contributed by atoms with Crippen LogP contribution in [0.25, 0.3) is 0 Å². The molecule has 2 aromatic rings. The molecule has 0 aliphatic carbocycles. The van der Waals surface area contributed by atoms with Crippen LogP contribution < -0.4 is 10.2 Å². The first-order valence-corrected chi connectivity index (χ1v) is 8.99. The van der Waals surface area contributed by atoms with Crippen LogP contribution in [0.3, 0.4) is 0 Å². The van der Waals surface area contributed by atoms with Crippen molar-refractivity contribution in [2.24, 2.45) is 0 Å². The van der Waals surface area contributed by atoms with Crippen LogP contribution in [0.1, 0.15) is 36.1 Å². The van der Waals surface area contributed by atoms with Gasteiger partial charge in [-0.1, -0.05) is 29.8 Å². The molecule has 1 atom stereocenters. The van der Waals surface area contributed by atoms with E-state index < -0.39 is 11.0 Å². The molecule has 1 amide bonds. The van der Waals surface area contributed by atoms with E-state index in [1.165, 1.54) is 6.07 Å². The van der Waals surface area contributed by atoms with Crippen molar-refractivity contribution in [3.63, 3.8) is 0 Å². The highest BCUT2D eigenvalue weighted by atomic mass is 16.6. The van der Waals surface area contributed by atoms with E-state index in [4.69, 9.17) is 0 Å². The van der Waals surface area contributed by atoms with E-state index >= 15 is 0 Å². The number of rotatable bonds is 6. The Kier molecular flexibility index (Phi) is 5.41. The topological polar surface area (TPSA) is 95.7 Å². The number of amides is 1. The minimum atomic E-state index is -0.782. The number of aryl methyl sites for hydroxylation is 2. The lowest BCUT2D eigenvalue weighted by atomic mass is 10.0. The number of nitro groups is 1. The molecule has 0 radical (unpaired) electrons. The second-order valence-corrected chi connectivity index (χ2v) is 6.77. The normalized spacial score (nSPS) is 14.3. The Labute approximate surface area is 157 Å². The molecule has 142 valence electrons. The van der Waals surface area contributed by atoms with Gasteiger partial charge >= 0.3 is 0 Å². The molecule has 3 rings (SSSR count). The third kappa shape index (κ3) is 4.09. The van der Waals surface area contributed by atoms with E-state index in [2.05, 4.69) is 5.32 Å². The van der Waals surface area contributed by atoms with Crippen LogP contribution in [0.4, 0.5) is 17.1 Å². The summed E-state index contributed by atoms with van der Waals surface area (Å²) < 4.78 is 0. The van der Waals surface area contributed by atoms with Crippen LogP contribution >= 0.6 is 0 Å². The Balaban J connectivity index is 1.93. The number of hydrogen-bond donors (Lipinski definition) is 2. The highest BCUT2D eigenvalue weighted by Gasteiger charge is 2.26. The molecule has 1 unspecified atom stereocenters. The summed E-state index contributed by atoms with van der Waals surface area (Å²) in [5.41, 5.74) is 3.61. The van der Waals surface area contributed by atoms with Gasteiger partial charge < -0.3 is 15.3 Å². The van der Waals surface area contributed by atoms with Gasteiger partial charge in [-0.15, -0.1) is 0 Å². The lowest BCUT2D eigenvalue weighted by molar-refractivity contribution is -0.384. The number of carbonyl (C=O) groups is 1. The quantitative estimate of drug-likeness (QED) is 0.601. The van der Waals surface area contributed by atoms with Crippen LogP contribution in [0, 0.1) is 17.0 Å². The van der Waals surface area contributed by atoms with Crippen LogP contribution in [-0.2, 0) is 11.2 Å². The Morgan fingerprint density at radius 1 is 1.26 bits per heavy atom. The summed E-state index contributed by atoms with van der Waals surface area (Å²) in [6.45, 7) is 4.55. The van der Waals surface area contributed by atoms with Gasteiger partial charge in [0.15, 0.2) is 0 Å². The van der Waals surface area contributed by atoms with Crippen molar-refractivity contribution in [1.29, 1.82) is 0 Å². The zero-order chi connectivity index (χ0) is 19.6. The molecule has 0 saturated carbocycles. The fourth-order valence-corrected chi connectivity index (χ4v) is 3.30. The van der Waals surface area contributed by atoms with Gasteiger partial charge in [-0.05, 0) is 37.5 Å². The molecular formula is C20H23N3O4. The Hall–Kier alpha value is -2.93. The molecular weight excluding hydrogens is 346 g/mol. The Bertz CT molecular complexity index is 864. The third-order valence-corrected chi connectivity index (χ3v) is 4.87. The number of hydrogen-bond acceptors (Lipinski definition) is 5. The summed E-state index contributed by atoms with van der Waals surface area (Å²) in [5.74, 6) is -0.0926. The predicted molar refractivity (Wildman–Crippen MR) is 104 cm³/mol. The molecule has 7 nitrogen and oxygen atoms in total.